The molecule has 1 aromatic heterocycles. The second-order valence-electron chi connectivity index (χ2n) is 4.08. The molecule has 16 heavy (non-hydrogen) atoms. The van der Waals surface area contributed by atoms with Crippen molar-refractivity contribution in [3.05, 3.63) is 34.2 Å². The van der Waals surface area contributed by atoms with Crippen molar-refractivity contribution in [1.29, 1.82) is 0 Å². The molecule has 0 N–H and O–H groups in total. The van der Waals surface area contributed by atoms with Crippen LogP contribution in [0.5, 0.6) is 0 Å². The molecule has 0 saturated heterocycles. The Morgan fingerprint density at radius 3 is 2.19 bits per heavy atom. The molecule has 1 rings (SSSR count). The lowest BCUT2D eigenvalue weighted by Crippen LogP contribution is -2.31. The maximum absolute atomic E-state index is 12.4. The van der Waals surface area contributed by atoms with Gasteiger partial charge < -0.3 is 4.57 Å². The van der Waals surface area contributed by atoms with E-state index in [0.29, 0.717) is 4.57 Å². The molecule has 1 unspecified atom stereocenters. The monoisotopic (exact) mass is 233 g/mol. The fourth-order valence-electron chi connectivity index (χ4n) is 1.34. The molecule has 5 heteroatoms. The summed E-state index contributed by atoms with van der Waals surface area (Å²) in [5, 5.41) is 0. The molecule has 2 nitrogen and oxygen atoms in total. The fraction of sp³-hybridized carbons (Fsp3) is 0.545. The van der Waals surface area contributed by atoms with Crippen molar-refractivity contribution in [3.8, 4) is 0 Å². The van der Waals surface area contributed by atoms with Crippen molar-refractivity contribution in [2.45, 2.75) is 38.9 Å². The Bertz CT molecular complexity index is 420. The van der Waals surface area contributed by atoms with Gasteiger partial charge in [0.15, 0.2) is 0 Å². The van der Waals surface area contributed by atoms with Crippen LogP contribution in [-0.2, 0) is 0 Å². The van der Waals surface area contributed by atoms with Crippen LogP contribution in [0.25, 0.3) is 0 Å². The third-order valence-electron chi connectivity index (χ3n) is 2.53. The zero-order valence-corrected chi connectivity index (χ0v) is 9.38. The first-order valence-electron chi connectivity index (χ1n) is 5.02. The van der Waals surface area contributed by atoms with Crippen LogP contribution in [0.3, 0.4) is 0 Å². The van der Waals surface area contributed by atoms with Crippen LogP contribution < -0.4 is 5.56 Å². The first kappa shape index (κ1) is 12.8. The van der Waals surface area contributed by atoms with Crippen molar-refractivity contribution in [2.75, 3.05) is 0 Å². The normalized spacial score (nSPS) is 14.2. The van der Waals surface area contributed by atoms with E-state index in [1.807, 2.05) is 13.8 Å². The maximum atomic E-state index is 12.4. The largest absolute Gasteiger partial charge is 0.408 e. The van der Waals surface area contributed by atoms with Crippen molar-refractivity contribution in [3.63, 3.8) is 0 Å². The van der Waals surface area contributed by atoms with Gasteiger partial charge in [-0.3, -0.25) is 4.79 Å². The van der Waals surface area contributed by atoms with Gasteiger partial charge in [-0.2, -0.15) is 13.2 Å². The average Bonchev–Trinajstić information content (AvgIpc) is 2.15. The van der Waals surface area contributed by atoms with E-state index < -0.39 is 17.8 Å². The fourth-order valence-corrected chi connectivity index (χ4v) is 1.34. The Morgan fingerprint density at radius 1 is 1.25 bits per heavy atom. The number of alkyl halides is 3. The summed E-state index contributed by atoms with van der Waals surface area (Å²) in [6.07, 6.45) is -3.20. The minimum atomic E-state index is -4.40. The predicted molar refractivity (Wildman–Crippen MR) is 55.6 cm³/mol. The molecular weight excluding hydrogens is 219 g/mol. The van der Waals surface area contributed by atoms with E-state index in [1.165, 1.54) is 12.3 Å². The standard InChI is InChI=1S/C11H14F3NO/c1-7(2)9-4-5-15(10(16)6-9)8(3)11(12,13)14/h4-8H,1-3H3. The number of halogens is 3. The Kier molecular flexibility index (Phi) is 3.45. The quantitative estimate of drug-likeness (QED) is 0.769. The summed E-state index contributed by atoms with van der Waals surface area (Å²) in [5.41, 5.74) is 0.131. The van der Waals surface area contributed by atoms with Gasteiger partial charge in [-0.25, -0.2) is 0 Å². The summed E-state index contributed by atoms with van der Waals surface area (Å²) in [6.45, 7) is 4.73. The highest BCUT2D eigenvalue weighted by atomic mass is 19.4. The lowest BCUT2D eigenvalue weighted by Gasteiger charge is -2.18. The van der Waals surface area contributed by atoms with E-state index in [4.69, 9.17) is 0 Å². The second kappa shape index (κ2) is 4.31. The number of aromatic nitrogens is 1. The highest BCUT2D eigenvalue weighted by Gasteiger charge is 2.37. The lowest BCUT2D eigenvalue weighted by atomic mass is 10.1. The summed E-state index contributed by atoms with van der Waals surface area (Å²) in [6, 6.07) is 1.02. The minimum Gasteiger partial charge on any atom is -0.304 e. The summed E-state index contributed by atoms with van der Waals surface area (Å²) >= 11 is 0. The molecule has 0 fully saturated rings. The molecule has 0 saturated carbocycles. The molecule has 0 aliphatic heterocycles. The van der Waals surface area contributed by atoms with Crippen LogP contribution in [-0.4, -0.2) is 10.7 Å². The molecule has 0 amide bonds. The minimum absolute atomic E-state index is 0.128. The van der Waals surface area contributed by atoms with Crippen LogP contribution in [0, 0.1) is 0 Å². The van der Waals surface area contributed by atoms with Gasteiger partial charge in [0, 0.05) is 12.3 Å². The number of hydrogen-bond acceptors (Lipinski definition) is 1. The Labute approximate surface area is 91.7 Å². The van der Waals surface area contributed by atoms with Gasteiger partial charge in [0.05, 0.1) is 0 Å². The van der Waals surface area contributed by atoms with Crippen LogP contribution in [0.15, 0.2) is 23.1 Å². The lowest BCUT2D eigenvalue weighted by molar-refractivity contribution is -0.163. The van der Waals surface area contributed by atoms with Crippen LogP contribution in [0.4, 0.5) is 13.2 Å². The summed E-state index contributed by atoms with van der Waals surface area (Å²) in [5.74, 6) is 0.128. The molecule has 0 spiro atoms. The van der Waals surface area contributed by atoms with Gasteiger partial charge in [0.25, 0.3) is 5.56 Å². The second-order valence-corrected chi connectivity index (χ2v) is 4.08. The van der Waals surface area contributed by atoms with Gasteiger partial charge in [-0.05, 0) is 24.5 Å². The molecule has 1 atom stereocenters. The average molecular weight is 233 g/mol. The van der Waals surface area contributed by atoms with Crippen molar-refractivity contribution in [2.24, 2.45) is 0 Å². The van der Waals surface area contributed by atoms with Crippen molar-refractivity contribution in [1.82, 2.24) is 4.57 Å². The molecule has 0 bridgehead atoms. The molecule has 0 radical (unpaired) electrons. The summed E-state index contributed by atoms with van der Waals surface area (Å²) in [7, 11) is 0. The van der Waals surface area contributed by atoms with E-state index in [9.17, 15) is 18.0 Å². The topological polar surface area (TPSA) is 22.0 Å². The Morgan fingerprint density at radius 2 is 1.81 bits per heavy atom. The third kappa shape index (κ3) is 2.65. The van der Waals surface area contributed by atoms with E-state index in [0.717, 1.165) is 12.5 Å². The van der Waals surface area contributed by atoms with Gasteiger partial charge in [-0.15, -0.1) is 0 Å². The van der Waals surface area contributed by atoms with Gasteiger partial charge in [0.1, 0.15) is 6.04 Å². The van der Waals surface area contributed by atoms with Gasteiger partial charge in [-0.1, -0.05) is 13.8 Å². The molecule has 0 aromatic carbocycles. The first-order valence-corrected chi connectivity index (χ1v) is 5.02. The maximum Gasteiger partial charge on any atom is 0.408 e. The number of hydrogen-bond donors (Lipinski definition) is 0. The Balaban J connectivity index is 3.14. The zero-order chi connectivity index (χ0) is 12.5. The third-order valence-corrected chi connectivity index (χ3v) is 2.53. The van der Waals surface area contributed by atoms with Crippen molar-refractivity contribution >= 4 is 0 Å². The molecular formula is C11H14F3NO. The number of rotatable bonds is 2. The first-order chi connectivity index (χ1) is 7.23. The van der Waals surface area contributed by atoms with E-state index in [-0.39, 0.29) is 5.92 Å². The van der Waals surface area contributed by atoms with E-state index >= 15 is 0 Å². The SMILES string of the molecule is CC(C)c1ccn(C(C)C(F)(F)F)c(=O)c1. The number of nitrogens with zero attached hydrogens (tertiary/aromatic N) is 1. The van der Waals surface area contributed by atoms with E-state index in [1.54, 1.807) is 6.07 Å². The zero-order valence-electron chi connectivity index (χ0n) is 9.38. The number of pyridine rings is 1. The smallest absolute Gasteiger partial charge is 0.304 e. The molecule has 90 valence electrons. The van der Waals surface area contributed by atoms with E-state index in [2.05, 4.69) is 0 Å². The molecule has 0 aliphatic carbocycles. The van der Waals surface area contributed by atoms with Crippen LogP contribution in [0.2, 0.25) is 0 Å². The van der Waals surface area contributed by atoms with Gasteiger partial charge >= 0.3 is 6.18 Å². The summed E-state index contributed by atoms with van der Waals surface area (Å²) < 4.78 is 37.9. The molecule has 1 aromatic rings. The predicted octanol–water partition coefficient (Wildman–Crippen LogP) is 3.10. The van der Waals surface area contributed by atoms with Gasteiger partial charge in [0.2, 0.25) is 0 Å². The highest BCUT2D eigenvalue weighted by molar-refractivity contribution is 5.15. The van der Waals surface area contributed by atoms with Crippen molar-refractivity contribution < 1.29 is 13.2 Å². The summed E-state index contributed by atoms with van der Waals surface area (Å²) in [4.78, 5) is 11.5. The van der Waals surface area contributed by atoms with Crippen LogP contribution in [0.1, 0.15) is 38.3 Å². The van der Waals surface area contributed by atoms with Crippen LogP contribution >= 0.6 is 0 Å². The molecule has 0 aliphatic rings. The Hall–Kier alpha value is -1.26. The molecule has 1 heterocycles. The highest BCUT2D eigenvalue weighted by Crippen LogP contribution is 2.28.